The lowest BCUT2D eigenvalue weighted by Gasteiger charge is -2.26. The molecule has 0 spiro atoms. The van der Waals surface area contributed by atoms with Crippen LogP contribution in [0.2, 0.25) is 6.04 Å². The van der Waals surface area contributed by atoms with E-state index in [0.29, 0.717) is 0 Å². The van der Waals surface area contributed by atoms with E-state index < -0.39 is 0 Å². The SMILES string of the molecule is CCCCCCC(CCC)c1ccc(OCCC[SiH2]I)c(C2CCCCC2)c1. The molecular formula is C25H43IOSi. The first-order chi connectivity index (χ1) is 13.8. The summed E-state index contributed by atoms with van der Waals surface area (Å²) < 4.78 is 6.32. The van der Waals surface area contributed by atoms with Gasteiger partial charge in [-0.25, -0.2) is 0 Å². The van der Waals surface area contributed by atoms with E-state index in [1.54, 1.807) is 11.1 Å². The Kier molecular flexibility index (Phi) is 12.9. The Bertz CT molecular complexity index is 527. The van der Waals surface area contributed by atoms with Gasteiger partial charge in [0.05, 0.1) is 13.6 Å². The third-order valence-corrected chi connectivity index (χ3v) is 9.43. The Hall–Kier alpha value is -0.0331. The van der Waals surface area contributed by atoms with Gasteiger partial charge in [-0.1, -0.05) is 83.4 Å². The van der Waals surface area contributed by atoms with Gasteiger partial charge in [0.2, 0.25) is 0 Å². The molecule has 2 rings (SSSR count). The van der Waals surface area contributed by atoms with Crippen LogP contribution < -0.4 is 4.74 Å². The smallest absolute Gasteiger partial charge is 0.122 e. The molecule has 1 fully saturated rings. The quantitative estimate of drug-likeness (QED) is 0.105. The highest BCUT2D eigenvalue weighted by Crippen LogP contribution is 2.40. The molecule has 0 aromatic heterocycles. The highest BCUT2D eigenvalue weighted by atomic mass is 127. The standard InChI is InChI=1S/C25H43IOSi/c1-3-5-6-8-13-21(12-4-2)23-16-17-25(27-18-11-19-28-26)24(20-23)22-14-9-7-10-15-22/h16-17,20-22H,3-15,18-19,28H2,1-2H3. The maximum atomic E-state index is 6.32. The minimum absolute atomic E-state index is 0.140. The molecule has 1 saturated carbocycles. The Morgan fingerprint density at radius 2 is 1.82 bits per heavy atom. The first-order valence-electron chi connectivity index (χ1n) is 12.1. The zero-order valence-electron chi connectivity index (χ0n) is 18.5. The van der Waals surface area contributed by atoms with E-state index in [1.807, 2.05) is 0 Å². The number of halogens is 1. The number of hydrogen-bond donors (Lipinski definition) is 0. The topological polar surface area (TPSA) is 9.23 Å². The lowest BCUT2D eigenvalue weighted by Crippen LogP contribution is -2.10. The summed E-state index contributed by atoms with van der Waals surface area (Å²) >= 11 is 2.60. The summed E-state index contributed by atoms with van der Waals surface area (Å²) in [5.41, 5.74) is 3.13. The summed E-state index contributed by atoms with van der Waals surface area (Å²) in [6.07, 6.45) is 17.6. The van der Waals surface area contributed by atoms with Gasteiger partial charge in [-0.15, -0.1) is 21.8 Å². The van der Waals surface area contributed by atoms with Crippen LogP contribution in [0.25, 0.3) is 0 Å². The van der Waals surface area contributed by atoms with Gasteiger partial charge in [0.1, 0.15) is 5.75 Å². The van der Waals surface area contributed by atoms with Gasteiger partial charge in [-0.2, -0.15) is 0 Å². The van der Waals surface area contributed by atoms with E-state index in [1.165, 1.54) is 95.3 Å². The molecule has 0 amide bonds. The molecule has 1 nitrogen and oxygen atoms in total. The molecule has 1 aromatic carbocycles. The molecule has 0 heterocycles. The van der Waals surface area contributed by atoms with E-state index in [9.17, 15) is 0 Å². The Balaban J connectivity index is 2.13. The van der Waals surface area contributed by atoms with E-state index in [4.69, 9.17) is 4.74 Å². The van der Waals surface area contributed by atoms with Crippen molar-refractivity contribution in [2.75, 3.05) is 6.61 Å². The second-order valence-corrected chi connectivity index (χ2v) is 13.0. The predicted octanol–water partition coefficient (Wildman–Crippen LogP) is 8.29. The molecule has 0 N–H and O–H groups in total. The Morgan fingerprint density at radius 1 is 1.00 bits per heavy atom. The van der Waals surface area contributed by atoms with Gasteiger partial charge in [-0.3, -0.25) is 0 Å². The fraction of sp³-hybridized carbons (Fsp3) is 0.760. The third-order valence-electron chi connectivity index (χ3n) is 6.38. The van der Waals surface area contributed by atoms with Crippen LogP contribution in [0.5, 0.6) is 5.75 Å². The van der Waals surface area contributed by atoms with Crippen molar-refractivity contribution in [2.45, 2.75) is 115 Å². The second kappa shape index (κ2) is 14.9. The molecule has 3 heteroatoms. The van der Waals surface area contributed by atoms with Crippen molar-refractivity contribution in [1.29, 1.82) is 0 Å². The minimum Gasteiger partial charge on any atom is -0.493 e. The molecule has 0 aliphatic heterocycles. The lowest BCUT2D eigenvalue weighted by atomic mass is 9.81. The average Bonchev–Trinajstić information content (AvgIpc) is 2.74. The second-order valence-electron chi connectivity index (χ2n) is 8.71. The highest BCUT2D eigenvalue weighted by molar-refractivity contribution is 14.1. The predicted molar refractivity (Wildman–Crippen MR) is 136 cm³/mol. The fourth-order valence-corrected chi connectivity index (χ4v) is 6.72. The molecule has 28 heavy (non-hydrogen) atoms. The van der Waals surface area contributed by atoms with Gasteiger partial charge in [-0.05, 0) is 61.1 Å². The van der Waals surface area contributed by atoms with Gasteiger partial charge in [0, 0.05) is 0 Å². The molecule has 1 aromatic rings. The summed E-state index contributed by atoms with van der Waals surface area (Å²) in [5, 5.41) is 0. The van der Waals surface area contributed by atoms with Gasteiger partial charge in [0.25, 0.3) is 0 Å². The normalized spacial score (nSPS) is 16.7. The van der Waals surface area contributed by atoms with E-state index in [2.05, 4.69) is 53.8 Å². The Morgan fingerprint density at radius 3 is 2.54 bits per heavy atom. The van der Waals surface area contributed by atoms with Crippen LogP contribution in [0.15, 0.2) is 18.2 Å². The van der Waals surface area contributed by atoms with E-state index in [0.717, 1.165) is 18.4 Å². The lowest BCUT2D eigenvalue weighted by molar-refractivity contribution is 0.307. The van der Waals surface area contributed by atoms with Crippen LogP contribution in [0, 0.1) is 0 Å². The largest absolute Gasteiger partial charge is 0.493 e. The molecule has 1 unspecified atom stereocenters. The zero-order chi connectivity index (χ0) is 20.0. The fourth-order valence-electron chi connectivity index (χ4n) is 4.71. The summed E-state index contributed by atoms with van der Waals surface area (Å²) in [6, 6.07) is 8.69. The van der Waals surface area contributed by atoms with Crippen LogP contribution >= 0.6 is 21.8 Å². The minimum atomic E-state index is 0.140. The van der Waals surface area contributed by atoms with Crippen molar-refractivity contribution in [3.63, 3.8) is 0 Å². The maximum Gasteiger partial charge on any atom is 0.122 e. The first-order valence-corrected chi connectivity index (χ1v) is 18.2. The first kappa shape index (κ1) is 24.2. The van der Waals surface area contributed by atoms with E-state index in [-0.39, 0.29) is 7.02 Å². The number of unbranched alkanes of at least 4 members (excludes halogenated alkanes) is 3. The molecule has 1 aliphatic rings. The van der Waals surface area contributed by atoms with Crippen molar-refractivity contribution >= 4 is 28.8 Å². The van der Waals surface area contributed by atoms with E-state index >= 15 is 0 Å². The van der Waals surface area contributed by atoms with Crippen LogP contribution in [-0.2, 0) is 0 Å². The summed E-state index contributed by atoms with van der Waals surface area (Å²) in [7, 11) is 0.140. The van der Waals surface area contributed by atoms with Crippen molar-refractivity contribution < 1.29 is 4.74 Å². The van der Waals surface area contributed by atoms with Crippen LogP contribution in [0.1, 0.15) is 120 Å². The third kappa shape index (κ3) is 8.37. The molecule has 0 radical (unpaired) electrons. The molecule has 1 aliphatic carbocycles. The van der Waals surface area contributed by atoms with Crippen molar-refractivity contribution in [3.8, 4) is 5.75 Å². The number of benzene rings is 1. The van der Waals surface area contributed by atoms with Crippen molar-refractivity contribution in [1.82, 2.24) is 0 Å². The number of hydrogen-bond acceptors (Lipinski definition) is 1. The molecule has 0 bridgehead atoms. The van der Waals surface area contributed by atoms with Crippen LogP contribution in [0.3, 0.4) is 0 Å². The van der Waals surface area contributed by atoms with Crippen LogP contribution in [-0.4, -0.2) is 13.6 Å². The van der Waals surface area contributed by atoms with Crippen molar-refractivity contribution in [2.24, 2.45) is 0 Å². The number of ether oxygens (including phenoxy) is 1. The average molecular weight is 515 g/mol. The maximum absolute atomic E-state index is 6.32. The van der Waals surface area contributed by atoms with Crippen molar-refractivity contribution in [3.05, 3.63) is 29.3 Å². The summed E-state index contributed by atoms with van der Waals surface area (Å²) in [6.45, 7) is 5.56. The van der Waals surface area contributed by atoms with Crippen LogP contribution in [0.4, 0.5) is 0 Å². The molecular weight excluding hydrogens is 471 g/mol. The summed E-state index contributed by atoms with van der Waals surface area (Å²) in [5.74, 6) is 2.67. The van der Waals surface area contributed by atoms with Gasteiger partial charge >= 0.3 is 0 Å². The van der Waals surface area contributed by atoms with Gasteiger partial charge < -0.3 is 4.74 Å². The van der Waals surface area contributed by atoms with Gasteiger partial charge in [0.15, 0.2) is 0 Å². The molecule has 1 atom stereocenters. The summed E-state index contributed by atoms with van der Waals surface area (Å²) in [4.78, 5) is 0. The number of rotatable bonds is 14. The molecule has 160 valence electrons. The Labute approximate surface area is 189 Å². The molecule has 0 saturated heterocycles. The highest BCUT2D eigenvalue weighted by Gasteiger charge is 2.21. The monoisotopic (exact) mass is 514 g/mol. The zero-order valence-corrected chi connectivity index (χ0v) is 22.1.